The molecule has 0 spiro atoms. The molecule has 0 saturated carbocycles. The molecule has 1 N–H and O–H groups in total. The summed E-state index contributed by atoms with van der Waals surface area (Å²) in [6.07, 6.45) is 5.46. The van der Waals surface area contributed by atoms with Gasteiger partial charge in [-0.2, -0.15) is 0 Å². The van der Waals surface area contributed by atoms with E-state index >= 15 is 0 Å². The summed E-state index contributed by atoms with van der Waals surface area (Å²) in [7, 11) is 0. The molecular weight excluding hydrogens is 274 g/mol. The second-order valence-electron chi connectivity index (χ2n) is 4.76. The lowest BCUT2D eigenvalue weighted by Gasteiger charge is -2.18. The molecule has 0 bridgehead atoms. The van der Waals surface area contributed by atoms with Gasteiger partial charge in [-0.15, -0.1) is 0 Å². The third-order valence-corrected chi connectivity index (χ3v) is 3.23. The molecular formula is C16H20ClNO2. The quantitative estimate of drug-likeness (QED) is 0.801. The Morgan fingerprint density at radius 2 is 2.25 bits per heavy atom. The van der Waals surface area contributed by atoms with Crippen LogP contribution in [0.1, 0.15) is 18.9 Å². The SMILES string of the molecule is CCCNC(COc1cccc(Cl)c1)Cc1ccoc1. The van der Waals surface area contributed by atoms with Crippen molar-refractivity contribution in [3.8, 4) is 5.75 Å². The Balaban J connectivity index is 1.89. The lowest BCUT2D eigenvalue weighted by Crippen LogP contribution is -2.37. The summed E-state index contributed by atoms with van der Waals surface area (Å²) < 4.78 is 10.9. The van der Waals surface area contributed by atoms with Crippen LogP contribution in [0, 0.1) is 0 Å². The second-order valence-corrected chi connectivity index (χ2v) is 5.19. The van der Waals surface area contributed by atoms with Gasteiger partial charge in [-0.25, -0.2) is 0 Å². The molecule has 1 aromatic heterocycles. The molecule has 108 valence electrons. The van der Waals surface area contributed by atoms with E-state index in [-0.39, 0.29) is 6.04 Å². The number of furan rings is 1. The third kappa shape index (κ3) is 4.91. The van der Waals surface area contributed by atoms with Gasteiger partial charge < -0.3 is 14.5 Å². The van der Waals surface area contributed by atoms with E-state index in [0.717, 1.165) is 25.1 Å². The monoisotopic (exact) mass is 293 g/mol. The van der Waals surface area contributed by atoms with Crippen LogP contribution in [0.15, 0.2) is 47.3 Å². The largest absolute Gasteiger partial charge is 0.492 e. The molecule has 0 saturated heterocycles. The molecule has 1 unspecified atom stereocenters. The van der Waals surface area contributed by atoms with Gasteiger partial charge in [0.15, 0.2) is 0 Å². The maximum atomic E-state index is 5.95. The molecule has 0 aliphatic heterocycles. The normalized spacial score (nSPS) is 12.3. The van der Waals surface area contributed by atoms with Crippen molar-refractivity contribution in [2.45, 2.75) is 25.8 Å². The zero-order valence-electron chi connectivity index (χ0n) is 11.6. The minimum Gasteiger partial charge on any atom is -0.492 e. The lowest BCUT2D eigenvalue weighted by molar-refractivity contribution is 0.263. The van der Waals surface area contributed by atoms with Crippen LogP contribution in [0.5, 0.6) is 5.75 Å². The molecule has 2 aromatic rings. The zero-order valence-corrected chi connectivity index (χ0v) is 12.4. The van der Waals surface area contributed by atoms with Crippen molar-refractivity contribution < 1.29 is 9.15 Å². The predicted molar refractivity (Wildman–Crippen MR) is 81.4 cm³/mol. The van der Waals surface area contributed by atoms with Crippen molar-refractivity contribution in [1.29, 1.82) is 0 Å². The molecule has 0 amide bonds. The highest BCUT2D eigenvalue weighted by molar-refractivity contribution is 6.30. The molecule has 2 rings (SSSR count). The Morgan fingerprint density at radius 3 is 2.95 bits per heavy atom. The van der Waals surface area contributed by atoms with E-state index in [1.165, 1.54) is 5.56 Å². The van der Waals surface area contributed by atoms with Crippen molar-refractivity contribution in [2.24, 2.45) is 0 Å². The first kappa shape index (κ1) is 14.9. The first-order valence-corrected chi connectivity index (χ1v) is 7.28. The predicted octanol–water partition coefficient (Wildman–Crippen LogP) is 3.92. The number of hydrogen-bond acceptors (Lipinski definition) is 3. The molecule has 0 radical (unpaired) electrons. The lowest BCUT2D eigenvalue weighted by atomic mass is 10.1. The van der Waals surface area contributed by atoms with Gasteiger partial charge in [-0.3, -0.25) is 0 Å². The van der Waals surface area contributed by atoms with E-state index in [1.54, 1.807) is 12.5 Å². The summed E-state index contributed by atoms with van der Waals surface area (Å²) in [5, 5.41) is 4.18. The third-order valence-electron chi connectivity index (χ3n) is 2.99. The van der Waals surface area contributed by atoms with E-state index < -0.39 is 0 Å². The fraction of sp³-hybridized carbons (Fsp3) is 0.375. The minimum absolute atomic E-state index is 0.256. The molecule has 1 aromatic carbocycles. The number of rotatable bonds is 8. The molecule has 0 fully saturated rings. The molecule has 0 aliphatic carbocycles. The van der Waals surface area contributed by atoms with Crippen LogP contribution < -0.4 is 10.1 Å². The van der Waals surface area contributed by atoms with Gasteiger partial charge >= 0.3 is 0 Å². The summed E-state index contributed by atoms with van der Waals surface area (Å²) in [6.45, 7) is 3.73. The minimum atomic E-state index is 0.256. The number of halogens is 1. The first-order chi connectivity index (χ1) is 9.78. The van der Waals surface area contributed by atoms with Crippen LogP contribution in [-0.4, -0.2) is 19.2 Å². The van der Waals surface area contributed by atoms with E-state index in [0.29, 0.717) is 11.6 Å². The maximum absolute atomic E-state index is 5.95. The van der Waals surface area contributed by atoms with Crippen LogP contribution in [-0.2, 0) is 6.42 Å². The Labute approximate surface area is 124 Å². The standard InChI is InChI=1S/C16H20ClNO2/c1-2-7-18-15(9-13-6-8-19-11-13)12-20-16-5-3-4-14(17)10-16/h3-6,8,10-11,15,18H,2,7,9,12H2,1H3. The summed E-state index contributed by atoms with van der Waals surface area (Å²) in [5.41, 5.74) is 1.17. The fourth-order valence-corrected chi connectivity index (χ4v) is 2.17. The topological polar surface area (TPSA) is 34.4 Å². The Bertz CT molecular complexity index is 499. The number of benzene rings is 1. The Kier molecular flexibility index (Phi) is 5.96. The van der Waals surface area contributed by atoms with Gasteiger partial charge in [0, 0.05) is 11.1 Å². The van der Waals surface area contributed by atoms with E-state index in [9.17, 15) is 0 Å². The second kappa shape index (κ2) is 7.98. The smallest absolute Gasteiger partial charge is 0.120 e. The van der Waals surface area contributed by atoms with Crippen LogP contribution >= 0.6 is 11.6 Å². The van der Waals surface area contributed by atoms with Crippen LogP contribution in [0.25, 0.3) is 0 Å². The molecule has 1 atom stereocenters. The Hall–Kier alpha value is -1.45. The molecule has 4 heteroatoms. The average Bonchev–Trinajstić information content (AvgIpc) is 2.95. The van der Waals surface area contributed by atoms with E-state index in [2.05, 4.69) is 12.2 Å². The van der Waals surface area contributed by atoms with Crippen molar-refractivity contribution in [1.82, 2.24) is 5.32 Å². The van der Waals surface area contributed by atoms with E-state index in [4.69, 9.17) is 20.8 Å². The molecule has 1 heterocycles. The molecule has 0 aliphatic rings. The van der Waals surface area contributed by atoms with Crippen molar-refractivity contribution in [2.75, 3.05) is 13.2 Å². The van der Waals surface area contributed by atoms with Gasteiger partial charge in [0.25, 0.3) is 0 Å². The van der Waals surface area contributed by atoms with Crippen molar-refractivity contribution >= 4 is 11.6 Å². The summed E-state index contributed by atoms with van der Waals surface area (Å²) in [4.78, 5) is 0. The molecule has 20 heavy (non-hydrogen) atoms. The highest BCUT2D eigenvalue weighted by atomic mass is 35.5. The summed E-state index contributed by atoms with van der Waals surface area (Å²) in [5.74, 6) is 0.799. The highest BCUT2D eigenvalue weighted by Crippen LogP contribution is 2.17. The summed E-state index contributed by atoms with van der Waals surface area (Å²) in [6, 6.07) is 9.72. The fourth-order valence-electron chi connectivity index (χ4n) is 1.99. The maximum Gasteiger partial charge on any atom is 0.120 e. The zero-order chi connectivity index (χ0) is 14.2. The van der Waals surface area contributed by atoms with Crippen LogP contribution in [0.2, 0.25) is 5.02 Å². The first-order valence-electron chi connectivity index (χ1n) is 6.90. The Morgan fingerprint density at radius 1 is 1.35 bits per heavy atom. The highest BCUT2D eigenvalue weighted by Gasteiger charge is 2.11. The summed E-state index contributed by atoms with van der Waals surface area (Å²) >= 11 is 5.95. The molecule has 3 nitrogen and oxygen atoms in total. The van der Waals surface area contributed by atoms with Crippen LogP contribution in [0.3, 0.4) is 0 Å². The number of hydrogen-bond donors (Lipinski definition) is 1. The van der Waals surface area contributed by atoms with Gasteiger partial charge in [-0.1, -0.05) is 24.6 Å². The van der Waals surface area contributed by atoms with Crippen molar-refractivity contribution in [3.63, 3.8) is 0 Å². The van der Waals surface area contributed by atoms with Crippen LogP contribution in [0.4, 0.5) is 0 Å². The van der Waals surface area contributed by atoms with Crippen molar-refractivity contribution in [3.05, 3.63) is 53.4 Å². The van der Waals surface area contributed by atoms with E-state index in [1.807, 2.05) is 30.3 Å². The van der Waals surface area contributed by atoms with Gasteiger partial charge in [0.05, 0.1) is 12.5 Å². The van der Waals surface area contributed by atoms with Gasteiger partial charge in [-0.05, 0) is 49.2 Å². The van der Waals surface area contributed by atoms with Gasteiger partial charge in [0.2, 0.25) is 0 Å². The number of ether oxygens (including phenoxy) is 1. The number of nitrogens with one attached hydrogen (secondary N) is 1. The van der Waals surface area contributed by atoms with Gasteiger partial charge in [0.1, 0.15) is 12.4 Å². The average molecular weight is 294 g/mol.